The Balaban J connectivity index is 0. The number of rotatable bonds is 8. The Morgan fingerprint density at radius 1 is 1.24 bits per heavy atom. The van der Waals surface area contributed by atoms with Crippen LogP contribution in [0.2, 0.25) is 0 Å². The molecular weight excluding hydrogens is 302 g/mol. The van der Waals surface area contributed by atoms with Gasteiger partial charge in [0.05, 0.1) is 0 Å². The number of ketones is 1. The van der Waals surface area contributed by atoms with Crippen molar-refractivity contribution in [3.05, 3.63) is 25.3 Å². The van der Waals surface area contributed by atoms with Crippen molar-refractivity contribution in [2.24, 2.45) is 0 Å². The molecule has 9 heteroatoms. The first-order valence-electron chi connectivity index (χ1n) is 5.72. The monoisotopic (exact) mass is 323 g/mol. The highest BCUT2D eigenvalue weighted by Crippen LogP contribution is 2.21. The third-order valence-corrected chi connectivity index (χ3v) is 3.46. The van der Waals surface area contributed by atoms with Crippen LogP contribution in [0.15, 0.2) is 25.3 Å². The van der Waals surface area contributed by atoms with Crippen molar-refractivity contribution in [3.63, 3.8) is 0 Å². The van der Waals surface area contributed by atoms with Gasteiger partial charge in [-0.2, -0.15) is 8.42 Å². The molecule has 0 aliphatic heterocycles. The predicted octanol–water partition coefficient (Wildman–Crippen LogP) is -0.431. The topological polar surface area (TPSA) is 132 Å². The summed E-state index contributed by atoms with van der Waals surface area (Å²) in [5.74, 6) is -2.30. The minimum Gasteiger partial charge on any atom is -0.478 e. The molecule has 0 saturated heterocycles. The molecule has 0 aliphatic rings. The lowest BCUT2D eigenvalue weighted by Crippen LogP contribution is -2.55. The summed E-state index contributed by atoms with van der Waals surface area (Å²) in [6.45, 7) is 5.88. The van der Waals surface area contributed by atoms with Gasteiger partial charge < -0.3 is 10.2 Å². The molecule has 0 aromatic heterocycles. The van der Waals surface area contributed by atoms with Gasteiger partial charge in [0.15, 0.2) is 5.78 Å². The number of aliphatic carboxylic acids is 1. The fourth-order valence-corrected chi connectivity index (χ4v) is 2.66. The van der Waals surface area contributed by atoms with Gasteiger partial charge in [-0.05, 0) is 26.6 Å². The van der Waals surface area contributed by atoms with Gasteiger partial charge in [-0.1, -0.05) is 13.2 Å². The molecule has 0 amide bonds. The molecule has 1 atom stereocenters. The summed E-state index contributed by atoms with van der Waals surface area (Å²) in [7, 11) is -1.32. The quantitative estimate of drug-likeness (QED) is 0.405. The first-order valence-corrected chi connectivity index (χ1v) is 7.33. The Morgan fingerprint density at radius 2 is 1.67 bits per heavy atom. The number of aliphatic hydroxyl groups is 1. The molecule has 0 aliphatic carbocycles. The molecule has 0 bridgehead atoms. The van der Waals surface area contributed by atoms with Crippen molar-refractivity contribution >= 4 is 21.9 Å². The normalized spacial score (nSPS) is 13.6. The van der Waals surface area contributed by atoms with Crippen LogP contribution < -0.4 is 0 Å². The Kier molecular flexibility index (Phi) is 9.73. The smallest absolute Gasteiger partial charge is 0.327 e. The van der Waals surface area contributed by atoms with Gasteiger partial charge in [-0.3, -0.25) is 14.2 Å². The number of carboxylic acids is 1. The van der Waals surface area contributed by atoms with E-state index in [4.69, 9.17) is 14.8 Å². The van der Waals surface area contributed by atoms with Crippen LogP contribution in [0.25, 0.3) is 0 Å². The van der Waals surface area contributed by atoms with Crippen molar-refractivity contribution in [2.75, 3.05) is 26.5 Å². The summed E-state index contributed by atoms with van der Waals surface area (Å²) in [4.78, 5) is 22.3. The van der Waals surface area contributed by atoms with E-state index in [1.165, 1.54) is 19.0 Å². The molecule has 0 spiro atoms. The summed E-state index contributed by atoms with van der Waals surface area (Å²) in [5.41, 5.74) is -1.47. The average molecular weight is 323 g/mol. The highest BCUT2D eigenvalue weighted by Gasteiger charge is 2.42. The van der Waals surface area contributed by atoms with Crippen molar-refractivity contribution in [1.82, 2.24) is 4.90 Å². The van der Waals surface area contributed by atoms with E-state index in [9.17, 15) is 18.0 Å². The second-order valence-corrected chi connectivity index (χ2v) is 5.69. The summed E-state index contributed by atoms with van der Waals surface area (Å²) in [5, 5.41) is 16.5. The van der Waals surface area contributed by atoms with E-state index in [1.807, 2.05) is 0 Å². The standard InChI is InChI=1S/C9H17NO5S.C3H4O2/c1-4-8(12)9(5-6-11,10(2)3)7-16(13,14)15;1-2-3(4)5/h4,11H,1,5-7H2,2-3H3,(H,13,14,15);2H,1H2,(H,4,5). The van der Waals surface area contributed by atoms with Gasteiger partial charge in [-0.25, -0.2) is 4.79 Å². The zero-order valence-electron chi connectivity index (χ0n) is 12.0. The largest absolute Gasteiger partial charge is 0.478 e. The summed E-state index contributed by atoms with van der Waals surface area (Å²) >= 11 is 0. The maximum Gasteiger partial charge on any atom is 0.327 e. The van der Waals surface area contributed by atoms with Crippen molar-refractivity contribution in [2.45, 2.75) is 12.0 Å². The van der Waals surface area contributed by atoms with Gasteiger partial charge in [0.2, 0.25) is 0 Å². The molecule has 0 aromatic rings. The van der Waals surface area contributed by atoms with Crippen molar-refractivity contribution in [1.29, 1.82) is 0 Å². The maximum absolute atomic E-state index is 11.7. The molecule has 8 nitrogen and oxygen atoms in total. The molecule has 0 rings (SSSR count). The van der Waals surface area contributed by atoms with Gasteiger partial charge in [0.1, 0.15) is 11.3 Å². The summed E-state index contributed by atoms with van der Waals surface area (Å²) in [6, 6.07) is 0. The van der Waals surface area contributed by atoms with E-state index in [0.29, 0.717) is 0 Å². The molecule has 0 saturated carbocycles. The second kappa shape index (κ2) is 9.40. The molecule has 0 aromatic carbocycles. The van der Waals surface area contributed by atoms with Crippen molar-refractivity contribution in [3.8, 4) is 0 Å². The van der Waals surface area contributed by atoms with E-state index in [2.05, 4.69) is 13.2 Å². The number of nitrogens with zero attached hydrogens (tertiary/aromatic N) is 1. The van der Waals surface area contributed by atoms with Gasteiger partial charge in [-0.15, -0.1) is 0 Å². The van der Waals surface area contributed by atoms with E-state index in [-0.39, 0.29) is 13.0 Å². The van der Waals surface area contributed by atoms with E-state index in [0.717, 1.165) is 12.2 Å². The van der Waals surface area contributed by atoms with E-state index < -0.39 is 33.2 Å². The molecule has 21 heavy (non-hydrogen) atoms. The number of carboxylic acid groups (broad SMARTS) is 1. The molecule has 0 fully saturated rings. The molecule has 0 radical (unpaired) electrons. The van der Waals surface area contributed by atoms with Crippen LogP contribution in [-0.2, 0) is 19.7 Å². The van der Waals surface area contributed by atoms with E-state index in [1.54, 1.807) is 0 Å². The Hall–Kier alpha value is -1.55. The summed E-state index contributed by atoms with van der Waals surface area (Å²) < 4.78 is 30.7. The average Bonchev–Trinajstić information content (AvgIpc) is 2.35. The number of carbonyl (C=O) groups is 2. The molecule has 122 valence electrons. The third kappa shape index (κ3) is 8.35. The Labute approximate surface area is 124 Å². The van der Waals surface area contributed by atoms with Crippen LogP contribution in [0.5, 0.6) is 0 Å². The number of likely N-dealkylation sites (N-methyl/N-ethyl adjacent to an activating group) is 1. The van der Waals surface area contributed by atoms with Crippen LogP contribution >= 0.6 is 0 Å². The highest BCUT2D eigenvalue weighted by atomic mass is 32.2. The van der Waals surface area contributed by atoms with E-state index >= 15 is 0 Å². The van der Waals surface area contributed by atoms with Crippen LogP contribution in [0, 0.1) is 0 Å². The minimum absolute atomic E-state index is 0.0926. The van der Waals surface area contributed by atoms with Crippen LogP contribution in [0.1, 0.15) is 6.42 Å². The molecular formula is C12H21NO7S. The molecule has 3 N–H and O–H groups in total. The first-order chi connectivity index (χ1) is 9.46. The lowest BCUT2D eigenvalue weighted by molar-refractivity contribution is -0.131. The fraction of sp³-hybridized carbons (Fsp3) is 0.500. The fourth-order valence-electron chi connectivity index (χ4n) is 1.52. The lowest BCUT2D eigenvalue weighted by Gasteiger charge is -2.36. The zero-order valence-corrected chi connectivity index (χ0v) is 12.8. The second-order valence-electron chi connectivity index (χ2n) is 4.24. The van der Waals surface area contributed by atoms with Crippen LogP contribution in [0.4, 0.5) is 0 Å². The lowest BCUT2D eigenvalue weighted by atomic mass is 9.91. The van der Waals surface area contributed by atoms with Crippen LogP contribution in [0.3, 0.4) is 0 Å². The number of hydrogen-bond donors (Lipinski definition) is 3. The number of aliphatic hydroxyl groups excluding tert-OH is 1. The Bertz CT molecular complexity index is 484. The number of hydrogen-bond acceptors (Lipinski definition) is 6. The SMILES string of the molecule is C=CC(=O)C(CCO)(CS(=O)(=O)O)N(C)C.C=CC(=O)O. The van der Waals surface area contributed by atoms with Gasteiger partial charge in [0.25, 0.3) is 10.1 Å². The van der Waals surface area contributed by atoms with Gasteiger partial charge in [0, 0.05) is 12.7 Å². The number of carbonyl (C=O) groups excluding carboxylic acids is 1. The molecule has 0 heterocycles. The van der Waals surface area contributed by atoms with Crippen molar-refractivity contribution < 1.29 is 32.8 Å². The van der Waals surface area contributed by atoms with Gasteiger partial charge >= 0.3 is 5.97 Å². The predicted molar refractivity (Wildman–Crippen MR) is 77.6 cm³/mol. The Morgan fingerprint density at radius 3 is 1.86 bits per heavy atom. The zero-order chi connectivity index (χ0) is 17.3. The first kappa shape index (κ1) is 21.7. The minimum atomic E-state index is -4.33. The molecule has 1 unspecified atom stereocenters. The van der Waals surface area contributed by atoms with Crippen LogP contribution in [-0.4, -0.2) is 71.8 Å². The maximum atomic E-state index is 11.7. The highest BCUT2D eigenvalue weighted by molar-refractivity contribution is 7.85. The summed E-state index contributed by atoms with van der Waals surface area (Å²) in [6.07, 6.45) is 1.73. The third-order valence-electron chi connectivity index (χ3n) is 2.62.